The van der Waals surface area contributed by atoms with Crippen LogP contribution >= 0.6 is 11.3 Å². The number of morpholine rings is 1. The van der Waals surface area contributed by atoms with Crippen molar-refractivity contribution >= 4 is 22.4 Å². The second-order valence-corrected chi connectivity index (χ2v) is 10.3. The highest BCUT2D eigenvalue weighted by molar-refractivity contribution is 7.19. The molecule has 4 aromatic rings. The maximum absolute atomic E-state index is 13.1. The fraction of sp³-hybridized carbons (Fsp3) is 0.286. The molecule has 0 atom stereocenters. The Balaban J connectivity index is 1.42. The summed E-state index contributed by atoms with van der Waals surface area (Å²) in [4.78, 5) is 33.0. The summed E-state index contributed by atoms with van der Waals surface area (Å²) in [7, 11) is 0. The molecule has 8 nitrogen and oxygen atoms in total. The van der Waals surface area contributed by atoms with Crippen LogP contribution in [0.5, 0.6) is 0 Å². The second kappa shape index (κ2) is 11.2. The van der Waals surface area contributed by atoms with Crippen molar-refractivity contribution in [3.63, 3.8) is 0 Å². The number of anilines is 1. The molecule has 1 amide bonds. The van der Waals surface area contributed by atoms with E-state index in [1.54, 1.807) is 6.07 Å². The third-order valence-corrected chi connectivity index (χ3v) is 7.27. The maximum Gasteiger partial charge on any atom is 0.264 e. The zero-order chi connectivity index (χ0) is 25.8. The minimum atomic E-state index is -0.246. The van der Waals surface area contributed by atoms with Crippen LogP contribution in [0.3, 0.4) is 0 Å². The molecular weight excluding hydrogens is 486 g/mol. The average molecular weight is 516 g/mol. The van der Waals surface area contributed by atoms with Gasteiger partial charge in [0.05, 0.1) is 23.8 Å². The Kier molecular flexibility index (Phi) is 7.55. The van der Waals surface area contributed by atoms with Crippen LogP contribution in [-0.4, -0.2) is 52.3 Å². The minimum absolute atomic E-state index is 0.0875. The summed E-state index contributed by atoms with van der Waals surface area (Å²) in [6.07, 6.45) is 0. The number of hydrogen-bond acceptors (Lipinski definition) is 7. The molecule has 0 bridgehead atoms. The third kappa shape index (κ3) is 5.85. The largest absolute Gasteiger partial charge is 0.379 e. The van der Waals surface area contributed by atoms with E-state index in [0.29, 0.717) is 22.1 Å². The SMILES string of the molecule is CC(C)c1cc(=O)[nH]nc1-c1sc(NC(=O)c2ccc(CN3CCOCC3)cc2)nc1-c1ccccc1. The number of nitrogens with one attached hydrogen (secondary N) is 2. The van der Waals surface area contributed by atoms with Crippen molar-refractivity contribution in [3.8, 4) is 21.8 Å². The number of rotatable bonds is 7. The van der Waals surface area contributed by atoms with Crippen LogP contribution in [0.4, 0.5) is 5.13 Å². The molecule has 1 saturated heterocycles. The smallest absolute Gasteiger partial charge is 0.264 e. The van der Waals surface area contributed by atoms with Gasteiger partial charge in [0.25, 0.3) is 11.5 Å². The van der Waals surface area contributed by atoms with Crippen molar-refractivity contribution < 1.29 is 9.53 Å². The van der Waals surface area contributed by atoms with Gasteiger partial charge in [-0.25, -0.2) is 10.1 Å². The van der Waals surface area contributed by atoms with Gasteiger partial charge in [-0.15, -0.1) is 0 Å². The Morgan fingerprint density at radius 1 is 1.08 bits per heavy atom. The molecule has 37 heavy (non-hydrogen) atoms. The molecular formula is C28H29N5O3S. The molecule has 0 saturated carbocycles. The topological polar surface area (TPSA) is 100 Å². The number of nitrogens with zero attached hydrogens (tertiary/aromatic N) is 3. The average Bonchev–Trinajstić information content (AvgIpc) is 3.33. The predicted octanol–water partition coefficient (Wildman–Crippen LogP) is 4.77. The fourth-order valence-corrected chi connectivity index (χ4v) is 5.31. The van der Waals surface area contributed by atoms with E-state index in [-0.39, 0.29) is 17.4 Å². The number of carbonyl (C=O) groups is 1. The number of H-pyrrole nitrogens is 1. The third-order valence-electron chi connectivity index (χ3n) is 6.30. The molecule has 9 heteroatoms. The summed E-state index contributed by atoms with van der Waals surface area (Å²) >= 11 is 1.35. The molecule has 5 rings (SSSR count). The number of aromatic nitrogens is 3. The van der Waals surface area contributed by atoms with Crippen molar-refractivity contribution in [3.05, 3.63) is 87.7 Å². The molecule has 1 aliphatic rings. The number of thiazole rings is 1. The van der Waals surface area contributed by atoms with Crippen LogP contribution in [0.15, 0.2) is 65.5 Å². The Labute approximate surface area is 219 Å². The molecule has 1 fully saturated rings. The van der Waals surface area contributed by atoms with E-state index in [4.69, 9.17) is 9.72 Å². The molecule has 0 aliphatic carbocycles. The first-order valence-corrected chi connectivity index (χ1v) is 13.2. The van der Waals surface area contributed by atoms with E-state index in [2.05, 4.69) is 20.4 Å². The normalized spacial score (nSPS) is 14.1. The quantitative estimate of drug-likeness (QED) is 0.368. The first-order chi connectivity index (χ1) is 18.0. The predicted molar refractivity (Wildman–Crippen MR) is 146 cm³/mol. The van der Waals surface area contributed by atoms with Gasteiger partial charge in [-0.2, -0.15) is 5.10 Å². The maximum atomic E-state index is 13.1. The zero-order valence-electron chi connectivity index (χ0n) is 20.9. The van der Waals surface area contributed by atoms with Gasteiger partial charge in [-0.05, 0) is 29.2 Å². The summed E-state index contributed by atoms with van der Waals surface area (Å²) < 4.78 is 5.42. The molecule has 1 aliphatic heterocycles. The number of hydrogen-bond donors (Lipinski definition) is 2. The lowest BCUT2D eigenvalue weighted by molar-refractivity contribution is 0.0342. The molecule has 2 aromatic carbocycles. The number of carbonyl (C=O) groups excluding carboxylic acids is 1. The number of amides is 1. The summed E-state index contributed by atoms with van der Waals surface area (Å²) in [6, 6.07) is 19.0. The van der Waals surface area contributed by atoms with Crippen molar-refractivity contribution in [2.45, 2.75) is 26.3 Å². The van der Waals surface area contributed by atoms with Crippen molar-refractivity contribution in [2.75, 3.05) is 31.6 Å². The van der Waals surface area contributed by atoms with Crippen LogP contribution < -0.4 is 10.9 Å². The van der Waals surface area contributed by atoms with Gasteiger partial charge in [-0.1, -0.05) is 67.6 Å². The van der Waals surface area contributed by atoms with Gasteiger partial charge in [-0.3, -0.25) is 19.8 Å². The number of benzene rings is 2. The second-order valence-electron chi connectivity index (χ2n) is 9.29. The summed E-state index contributed by atoms with van der Waals surface area (Å²) in [6.45, 7) is 8.24. The lowest BCUT2D eigenvalue weighted by Gasteiger charge is -2.26. The first kappa shape index (κ1) is 25.0. The molecule has 0 unspecified atom stereocenters. The van der Waals surface area contributed by atoms with Crippen LogP contribution in [0.25, 0.3) is 21.8 Å². The van der Waals surface area contributed by atoms with Crippen molar-refractivity contribution in [1.82, 2.24) is 20.1 Å². The van der Waals surface area contributed by atoms with E-state index < -0.39 is 0 Å². The Morgan fingerprint density at radius 2 is 1.81 bits per heavy atom. The van der Waals surface area contributed by atoms with Crippen molar-refractivity contribution in [2.24, 2.45) is 0 Å². The van der Waals surface area contributed by atoms with Crippen LogP contribution in [0.2, 0.25) is 0 Å². The Hall–Kier alpha value is -3.66. The first-order valence-electron chi connectivity index (χ1n) is 12.3. The summed E-state index contributed by atoms with van der Waals surface area (Å²) in [5.41, 5.74) is 4.59. The molecule has 0 spiro atoms. The lowest BCUT2D eigenvalue weighted by atomic mass is 10.00. The van der Waals surface area contributed by atoms with Crippen LogP contribution in [0, 0.1) is 0 Å². The lowest BCUT2D eigenvalue weighted by Crippen LogP contribution is -2.35. The standard InChI is InChI=1S/C28H29N5O3S/c1-18(2)22-16-23(34)31-32-25(22)26-24(20-6-4-3-5-7-20)29-28(37-26)30-27(35)21-10-8-19(9-11-21)17-33-12-14-36-15-13-33/h3-11,16,18H,12-15,17H2,1-2H3,(H,31,34)(H,29,30,35). The van der Waals surface area contributed by atoms with E-state index in [9.17, 15) is 9.59 Å². The summed E-state index contributed by atoms with van der Waals surface area (Å²) in [5, 5.41) is 10.4. The van der Waals surface area contributed by atoms with E-state index in [1.807, 2.05) is 68.4 Å². The molecule has 190 valence electrons. The van der Waals surface area contributed by atoms with Crippen LogP contribution in [0.1, 0.15) is 41.3 Å². The monoisotopic (exact) mass is 515 g/mol. The Morgan fingerprint density at radius 3 is 2.51 bits per heavy atom. The minimum Gasteiger partial charge on any atom is -0.379 e. The Bertz CT molecular complexity index is 1420. The zero-order valence-corrected chi connectivity index (χ0v) is 21.7. The number of aromatic amines is 1. The van der Waals surface area contributed by atoms with Gasteiger partial charge >= 0.3 is 0 Å². The van der Waals surface area contributed by atoms with E-state index in [0.717, 1.165) is 54.4 Å². The van der Waals surface area contributed by atoms with Gasteiger partial charge in [0.2, 0.25) is 0 Å². The van der Waals surface area contributed by atoms with Crippen LogP contribution in [-0.2, 0) is 11.3 Å². The van der Waals surface area contributed by atoms with E-state index >= 15 is 0 Å². The molecule has 2 aromatic heterocycles. The highest BCUT2D eigenvalue weighted by Crippen LogP contribution is 2.40. The van der Waals surface area contributed by atoms with Crippen molar-refractivity contribution in [1.29, 1.82) is 0 Å². The molecule has 2 N–H and O–H groups in total. The highest BCUT2D eigenvalue weighted by Gasteiger charge is 2.22. The van der Waals surface area contributed by atoms with E-state index in [1.165, 1.54) is 11.3 Å². The van der Waals surface area contributed by atoms with Gasteiger partial charge in [0, 0.05) is 36.8 Å². The molecule has 3 heterocycles. The fourth-order valence-electron chi connectivity index (χ4n) is 4.31. The van der Waals surface area contributed by atoms with Gasteiger partial charge in [0.1, 0.15) is 5.69 Å². The van der Waals surface area contributed by atoms with Gasteiger partial charge < -0.3 is 4.74 Å². The molecule has 0 radical (unpaired) electrons. The van der Waals surface area contributed by atoms with Gasteiger partial charge in [0.15, 0.2) is 5.13 Å². The number of ether oxygens (including phenoxy) is 1. The summed E-state index contributed by atoms with van der Waals surface area (Å²) in [5.74, 6) is -0.138. The highest BCUT2D eigenvalue weighted by atomic mass is 32.1.